The summed E-state index contributed by atoms with van der Waals surface area (Å²) in [6, 6.07) is 14.3. The van der Waals surface area contributed by atoms with Gasteiger partial charge in [-0.15, -0.1) is 24.8 Å². The Morgan fingerprint density at radius 1 is 1.13 bits per heavy atom. The predicted octanol–water partition coefficient (Wildman–Crippen LogP) is 5.49. The van der Waals surface area contributed by atoms with Gasteiger partial charge in [-0.25, -0.2) is 0 Å². The van der Waals surface area contributed by atoms with E-state index in [1.165, 1.54) is 20.4 Å². The third-order valence-corrected chi connectivity index (χ3v) is 6.35. The molecule has 0 radical (unpaired) electrons. The summed E-state index contributed by atoms with van der Waals surface area (Å²) in [5, 5.41) is 11.4. The van der Waals surface area contributed by atoms with E-state index in [1.54, 1.807) is 6.07 Å². The van der Waals surface area contributed by atoms with Crippen LogP contribution in [0.15, 0.2) is 47.3 Å². The molecule has 1 unspecified atom stereocenters. The summed E-state index contributed by atoms with van der Waals surface area (Å²) in [4.78, 5) is 15.5. The van der Waals surface area contributed by atoms with Crippen LogP contribution in [-0.4, -0.2) is 24.6 Å². The summed E-state index contributed by atoms with van der Waals surface area (Å²) >= 11 is 2.44. The minimum Gasteiger partial charge on any atom is -0.384 e. The maximum atomic E-state index is 12.2. The van der Waals surface area contributed by atoms with E-state index in [2.05, 4.69) is 62.6 Å². The van der Waals surface area contributed by atoms with E-state index in [0.29, 0.717) is 6.04 Å². The van der Waals surface area contributed by atoms with Gasteiger partial charge >= 0.3 is 0 Å². The van der Waals surface area contributed by atoms with Crippen molar-refractivity contribution in [3.8, 4) is 0 Å². The molecule has 168 valence electrons. The van der Waals surface area contributed by atoms with E-state index in [0.717, 1.165) is 55.6 Å². The minimum atomic E-state index is 0. The van der Waals surface area contributed by atoms with Crippen molar-refractivity contribution in [2.45, 2.75) is 32.2 Å². The molecule has 1 aromatic heterocycles. The molecule has 0 saturated carbocycles. The topological polar surface area (TPSA) is 68.9 Å². The number of hydrogen-bond acceptors (Lipinski definition) is 4. The Kier molecular flexibility index (Phi) is 9.93. The first-order valence-corrected chi connectivity index (χ1v) is 11.4. The highest BCUT2D eigenvalue weighted by Crippen LogP contribution is 2.34. The van der Waals surface area contributed by atoms with Crippen molar-refractivity contribution in [3.05, 3.63) is 67.4 Å². The van der Waals surface area contributed by atoms with Crippen LogP contribution in [-0.2, 0) is 6.42 Å². The molecule has 4 N–H and O–H groups in total. The summed E-state index contributed by atoms with van der Waals surface area (Å²) in [7, 11) is 0. The van der Waals surface area contributed by atoms with Crippen LogP contribution < -0.4 is 21.4 Å². The zero-order valence-electron chi connectivity index (χ0n) is 17.5. The molecular weight excluding hydrogens is 546 g/mol. The van der Waals surface area contributed by atoms with Crippen molar-refractivity contribution in [2.24, 2.45) is 0 Å². The first-order chi connectivity index (χ1) is 14.2. The average Bonchev–Trinajstić information content (AvgIpc) is 2.73. The molecule has 0 saturated heterocycles. The Hall–Kier alpha value is -1.48. The molecule has 31 heavy (non-hydrogen) atoms. The van der Waals surface area contributed by atoms with Crippen LogP contribution in [0.1, 0.15) is 36.9 Å². The molecule has 2 aromatic carbocycles. The van der Waals surface area contributed by atoms with E-state index in [9.17, 15) is 4.79 Å². The van der Waals surface area contributed by atoms with Crippen LogP contribution in [0.5, 0.6) is 0 Å². The largest absolute Gasteiger partial charge is 0.384 e. The Morgan fingerprint density at radius 3 is 2.74 bits per heavy atom. The number of fused-ring (bicyclic) bond motifs is 2. The van der Waals surface area contributed by atoms with E-state index >= 15 is 0 Å². The van der Waals surface area contributed by atoms with Crippen LogP contribution in [0, 0.1) is 3.57 Å². The van der Waals surface area contributed by atoms with Crippen LogP contribution in [0.2, 0.25) is 0 Å². The number of hydrogen-bond donors (Lipinski definition) is 4. The second kappa shape index (κ2) is 11.9. The first kappa shape index (κ1) is 25.8. The zero-order chi connectivity index (χ0) is 20.2. The number of aromatic amines is 1. The third kappa shape index (κ3) is 6.06. The Balaban J connectivity index is 0.00000171. The SMILES string of the molecule is CCc1cc(I)c2c(c1)C(NCCCNc1cc(=O)c3ccccc3[nH]1)CCN2.Cl.Cl. The monoisotopic (exact) mass is 574 g/mol. The summed E-state index contributed by atoms with van der Waals surface area (Å²) in [6.45, 7) is 4.95. The standard InChI is InChI=1S/C23H27IN4O.2ClH/c1-2-15-12-17-19(8-11-27-23(17)18(24)13-15)25-9-5-10-26-22-14-21(29)16-6-3-4-7-20(16)28-22;;/h3-4,6-7,12-14,19,25,27H,2,5,8-11H2,1H3,(H2,26,28,29);2*1H. The molecule has 1 aliphatic rings. The number of H-pyrrole nitrogens is 1. The fourth-order valence-corrected chi connectivity index (χ4v) is 4.84. The van der Waals surface area contributed by atoms with Gasteiger partial charge in [0.15, 0.2) is 5.43 Å². The quantitative estimate of drug-likeness (QED) is 0.223. The minimum absolute atomic E-state index is 0. The third-order valence-electron chi connectivity index (χ3n) is 5.50. The summed E-state index contributed by atoms with van der Waals surface area (Å²) in [5.41, 5.74) is 5.00. The lowest BCUT2D eigenvalue weighted by Gasteiger charge is -2.29. The summed E-state index contributed by atoms with van der Waals surface area (Å²) in [5.74, 6) is 0.781. The fraction of sp³-hybridized carbons (Fsp3) is 0.348. The van der Waals surface area contributed by atoms with Crippen LogP contribution in [0.3, 0.4) is 0 Å². The van der Waals surface area contributed by atoms with Gasteiger partial charge in [-0.05, 0) is 77.7 Å². The predicted molar refractivity (Wildman–Crippen MR) is 145 cm³/mol. The molecule has 1 aliphatic heterocycles. The van der Waals surface area contributed by atoms with Crippen LogP contribution >= 0.6 is 47.4 Å². The number of halogens is 3. The van der Waals surface area contributed by atoms with Crippen LogP contribution in [0.4, 0.5) is 11.5 Å². The molecule has 0 bridgehead atoms. The van der Waals surface area contributed by atoms with Gasteiger partial charge in [0.1, 0.15) is 5.82 Å². The Bertz CT molecular complexity index is 1070. The molecule has 0 fully saturated rings. The summed E-state index contributed by atoms with van der Waals surface area (Å²) < 4.78 is 1.31. The second-order valence-corrected chi connectivity index (χ2v) is 8.65. The molecule has 5 nitrogen and oxygen atoms in total. The van der Waals surface area contributed by atoms with Crippen molar-refractivity contribution in [2.75, 3.05) is 30.3 Å². The average molecular weight is 575 g/mol. The number of aryl methyl sites for hydroxylation is 1. The molecule has 0 spiro atoms. The Morgan fingerprint density at radius 2 is 1.94 bits per heavy atom. The highest BCUT2D eigenvalue weighted by molar-refractivity contribution is 14.1. The molecule has 3 aromatic rings. The van der Waals surface area contributed by atoms with E-state index in [1.807, 2.05) is 24.3 Å². The number of benzene rings is 2. The van der Waals surface area contributed by atoms with Gasteiger partial charge in [-0.2, -0.15) is 0 Å². The highest BCUT2D eigenvalue weighted by atomic mass is 127. The second-order valence-electron chi connectivity index (χ2n) is 7.49. The van der Waals surface area contributed by atoms with Gasteiger partial charge in [-0.3, -0.25) is 4.79 Å². The lowest BCUT2D eigenvalue weighted by Crippen LogP contribution is -2.30. The van der Waals surface area contributed by atoms with Gasteiger partial charge in [0, 0.05) is 34.2 Å². The van der Waals surface area contributed by atoms with Crippen LogP contribution in [0.25, 0.3) is 10.9 Å². The number of aromatic nitrogens is 1. The molecule has 0 amide bonds. The van der Waals surface area contributed by atoms with Crippen molar-refractivity contribution in [1.82, 2.24) is 10.3 Å². The van der Waals surface area contributed by atoms with Gasteiger partial charge in [-0.1, -0.05) is 25.1 Å². The number of rotatable bonds is 7. The van der Waals surface area contributed by atoms with Crippen molar-refractivity contribution < 1.29 is 0 Å². The molecule has 4 rings (SSSR count). The molecule has 8 heteroatoms. The maximum absolute atomic E-state index is 12.2. The highest BCUT2D eigenvalue weighted by Gasteiger charge is 2.21. The molecule has 2 heterocycles. The molecule has 1 atom stereocenters. The number of para-hydroxylation sites is 1. The Labute approximate surface area is 209 Å². The van der Waals surface area contributed by atoms with E-state index in [-0.39, 0.29) is 30.2 Å². The first-order valence-electron chi connectivity index (χ1n) is 10.3. The smallest absolute Gasteiger partial charge is 0.191 e. The normalized spacial score (nSPS) is 14.7. The number of anilines is 2. The fourth-order valence-electron chi connectivity index (χ4n) is 3.94. The lowest BCUT2D eigenvalue weighted by atomic mass is 9.95. The molecule has 0 aliphatic carbocycles. The van der Waals surface area contributed by atoms with Gasteiger partial charge in [0.25, 0.3) is 0 Å². The van der Waals surface area contributed by atoms with Gasteiger partial charge in [0.05, 0.1) is 11.2 Å². The van der Waals surface area contributed by atoms with Gasteiger partial charge < -0.3 is 20.9 Å². The lowest BCUT2D eigenvalue weighted by molar-refractivity contribution is 0.497. The van der Waals surface area contributed by atoms with Gasteiger partial charge in [0.2, 0.25) is 0 Å². The van der Waals surface area contributed by atoms with E-state index in [4.69, 9.17) is 0 Å². The van der Waals surface area contributed by atoms with Crippen molar-refractivity contribution in [1.29, 1.82) is 0 Å². The molecular formula is C23H29Cl2IN4O. The maximum Gasteiger partial charge on any atom is 0.191 e. The zero-order valence-corrected chi connectivity index (χ0v) is 21.3. The van der Waals surface area contributed by atoms with E-state index < -0.39 is 0 Å². The number of pyridine rings is 1. The van der Waals surface area contributed by atoms with Crippen molar-refractivity contribution >= 4 is 69.8 Å². The number of nitrogens with one attached hydrogen (secondary N) is 4. The summed E-state index contributed by atoms with van der Waals surface area (Å²) in [6.07, 6.45) is 3.14. The van der Waals surface area contributed by atoms with Crippen molar-refractivity contribution in [3.63, 3.8) is 0 Å².